The first kappa shape index (κ1) is 19.6. The van der Waals surface area contributed by atoms with Crippen LogP contribution in [0.5, 0.6) is 0 Å². The van der Waals surface area contributed by atoms with Crippen molar-refractivity contribution in [2.75, 3.05) is 5.32 Å². The van der Waals surface area contributed by atoms with Gasteiger partial charge in [-0.25, -0.2) is 14.8 Å². The topological polar surface area (TPSA) is 110 Å². The van der Waals surface area contributed by atoms with E-state index < -0.39 is 18.0 Å². The van der Waals surface area contributed by atoms with E-state index in [9.17, 15) is 9.59 Å². The number of nitrogens with one attached hydrogen (secondary N) is 2. The highest BCUT2D eigenvalue weighted by Gasteiger charge is 2.21. The number of amides is 3. The molecule has 2 aromatic heterocycles. The highest BCUT2D eigenvalue weighted by molar-refractivity contribution is 7.17. The van der Waals surface area contributed by atoms with Crippen molar-refractivity contribution in [3.8, 4) is 23.5 Å². The molecule has 4 rings (SSSR count). The summed E-state index contributed by atoms with van der Waals surface area (Å²) in [5.74, 6) is 2.02. The standard InChI is InChI=1S/C21H15N5O2S2/c1-2-17-24-16(10-29-17)25-21(28)26-18(20(22)27)13-8-6-12(7-9-13)14-4-3-5-15-19(14)30-11-23-15/h1,3-11,18H,(H2,22,27)(H2,25,26,28). The van der Waals surface area contributed by atoms with Crippen LogP contribution in [-0.2, 0) is 4.79 Å². The Morgan fingerprint density at radius 3 is 2.63 bits per heavy atom. The predicted octanol–water partition coefficient (Wildman–Crippen LogP) is 3.75. The lowest BCUT2D eigenvalue weighted by Crippen LogP contribution is -2.39. The Labute approximate surface area is 180 Å². The number of carbonyl (C=O) groups excluding carboxylic acids is 2. The third-order valence-electron chi connectivity index (χ3n) is 4.34. The van der Waals surface area contributed by atoms with Crippen LogP contribution in [0, 0.1) is 12.3 Å². The molecule has 0 aliphatic carbocycles. The molecule has 4 aromatic rings. The van der Waals surface area contributed by atoms with Crippen molar-refractivity contribution in [1.82, 2.24) is 15.3 Å². The summed E-state index contributed by atoms with van der Waals surface area (Å²) in [7, 11) is 0. The van der Waals surface area contributed by atoms with Crippen molar-refractivity contribution < 1.29 is 9.59 Å². The lowest BCUT2D eigenvalue weighted by molar-refractivity contribution is -0.119. The summed E-state index contributed by atoms with van der Waals surface area (Å²) >= 11 is 2.80. The van der Waals surface area contributed by atoms with E-state index in [-0.39, 0.29) is 0 Å². The van der Waals surface area contributed by atoms with E-state index in [1.54, 1.807) is 28.8 Å². The first-order valence-corrected chi connectivity index (χ1v) is 10.5. The molecule has 9 heteroatoms. The molecule has 2 aromatic carbocycles. The molecule has 0 aliphatic rings. The van der Waals surface area contributed by atoms with E-state index in [2.05, 4.69) is 26.5 Å². The molecule has 0 bridgehead atoms. The summed E-state index contributed by atoms with van der Waals surface area (Å²) in [6.07, 6.45) is 5.27. The van der Waals surface area contributed by atoms with Gasteiger partial charge in [0.15, 0.2) is 5.01 Å². The van der Waals surface area contributed by atoms with Crippen LogP contribution in [0.3, 0.4) is 0 Å². The maximum absolute atomic E-state index is 12.3. The van der Waals surface area contributed by atoms with Crippen molar-refractivity contribution in [2.24, 2.45) is 5.73 Å². The number of rotatable bonds is 5. The van der Waals surface area contributed by atoms with Gasteiger partial charge < -0.3 is 11.1 Å². The lowest BCUT2D eigenvalue weighted by atomic mass is 10.00. The van der Waals surface area contributed by atoms with Crippen LogP contribution in [0.1, 0.15) is 16.6 Å². The van der Waals surface area contributed by atoms with Gasteiger partial charge in [-0.2, -0.15) is 0 Å². The van der Waals surface area contributed by atoms with Crippen molar-refractivity contribution in [2.45, 2.75) is 6.04 Å². The number of urea groups is 1. The molecule has 0 aliphatic heterocycles. The minimum atomic E-state index is -0.996. The van der Waals surface area contributed by atoms with Crippen LogP contribution < -0.4 is 16.4 Å². The number of nitrogens with two attached hydrogens (primary N) is 1. The first-order valence-electron chi connectivity index (χ1n) is 8.76. The minimum Gasteiger partial charge on any atom is -0.368 e. The summed E-state index contributed by atoms with van der Waals surface area (Å²) in [4.78, 5) is 32.6. The van der Waals surface area contributed by atoms with Gasteiger partial charge in [0.2, 0.25) is 5.91 Å². The fourth-order valence-electron chi connectivity index (χ4n) is 2.97. The van der Waals surface area contributed by atoms with Crippen LogP contribution in [0.4, 0.5) is 10.6 Å². The molecular formula is C21H15N5O2S2. The van der Waals surface area contributed by atoms with Crippen molar-refractivity contribution >= 4 is 50.6 Å². The molecule has 0 radical (unpaired) electrons. The molecule has 3 amide bonds. The molecule has 2 heterocycles. The lowest BCUT2D eigenvalue weighted by Gasteiger charge is -2.16. The predicted molar refractivity (Wildman–Crippen MR) is 119 cm³/mol. The van der Waals surface area contributed by atoms with Crippen LogP contribution in [-0.4, -0.2) is 21.9 Å². The van der Waals surface area contributed by atoms with Gasteiger partial charge in [0.1, 0.15) is 11.9 Å². The number of nitrogens with zero attached hydrogens (tertiary/aromatic N) is 2. The Morgan fingerprint density at radius 1 is 1.13 bits per heavy atom. The number of terminal acetylenes is 1. The number of thiazole rings is 2. The summed E-state index contributed by atoms with van der Waals surface area (Å²) in [5.41, 5.74) is 10.9. The zero-order valence-electron chi connectivity index (χ0n) is 15.5. The molecular weight excluding hydrogens is 418 g/mol. The number of primary amides is 1. The Kier molecular flexibility index (Phi) is 5.43. The largest absolute Gasteiger partial charge is 0.368 e. The summed E-state index contributed by atoms with van der Waals surface area (Å²) in [6.45, 7) is 0. The van der Waals surface area contributed by atoms with Gasteiger partial charge in [-0.15, -0.1) is 29.1 Å². The minimum absolute atomic E-state index is 0.307. The van der Waals surface area contributed by atoms with Crippen molar-refractivity contribution in [3.05, 3.63) is 63.9 Å². The average Bonchev–Trinajstić information content (AvgIpc) is 3.41. The quantitative estimate of drug-likeness (QED) is 0.416. The van der Waals surface area contributed by atoms with Crippen molar-refractivity contribution in [1.29, 1.82) is 0 Å². The normalized spacial score (nSPS) is 11.6. The van der Waals surface area contributed by atoms with E-state index in [0.29, 0.717) is 16.4 Å². The number of anilines is 1. The van der Waals surface area contributed by atoms with Crippen LogP contribution in [0.2, 0.25) is 0 Å². The zero-order valence-corrected chi connectivity index (χ0v) is 17.1. The number of hydrogen-bond acceptors (Lipinski definition) is 6. The molecule has 1 atom stereocenters. The number of benzene rings is 2. The highest BCUT2D eigenvalue weighted by Crippen LogP contribution is 2.31. The smallest absolute Gasteiger partial charge is 0.321 e. The van der Waals surface area contributed by atoms with E-state index in [4.69, 9.17) is 12.2 Å². The van der Waals surface area contributed by atoms with E-state index in [0.717, 1.165) is 21.3 Å². The van der Waals surface area contributed by atoms with Gasteiger partial charge in [0.05, 0.1) is 15.7 Å². The van der Waals surface area contributed by atoms with Gasteiger partial charge >= 0.3 is 6.03 Å². The van der Waals surface area contributed by atoms with E-state index >= 15 is 0 Å². The molecule has 0 spiro atoms. The Morgan fingerprint density at radius 2 is 1.93 bits per heavy atom. The van der Waals surface area contributed by atoms with Gasteiger partial charge in [-0.3, -0.25) is 10.1 Å². The molecule has 1 unspecified atom stereocenters. The Bertz CT molecular complexity index is 1270. The number of fused-ring (bicyclic) bond motifs is 1. The number of hydrogen-bond donors (Lipinski definition) is 3. The molecule has 7 nitrogen and oxygen atoms in total. The zero-order chi connectivity index (χ0) is 21.1. The second kappa shape index (κ2) is 8.32. The Hall–Kier alpha value is -3.74. The highest BCUT2D eigenvalue weighted by atomic mass is 32.1. The fourth-order valence-corrected chi connectivity index (χ4v) is 4.35. The average molecular weight is 434 g/mol. The van der Waals surface area contributed by atoms with E-state index in [1.807, 2.05) is 35.8 Å². The Balaban J connectivity index is 1.53. The molecule has 148 valence electrons. The third-order valence-corrected chi connectivity index (χ3v) is 5.99. The summed E-state index contributed by atoms with van der Waals surface area (Å²) in [5, 5.41) is 7.18. The van der Waals surface area contributed by atoms with Gasteiger partial charge in [-0.1, -0.05) is 36.4 Å². The monoisotopic (exact) mass is 433 g/mol. The van der Waals surface area contributed by atoms with E-state index in [1.165, 1.54) is 11.3 Å². The van der Waals surface area contributed by atoms with Crippen molar-refractivity contribution in [3.63, 3.8) is 0 Å². The molecule has 0 fully saturated rings. The van der Waals surface area contributed by atoms with Gasteiger partial charge in [0, 0.05) is 10.9 Å². The maximum atomic E-state index is 12.3. The number of aromatic nitrogens is 2. The summed E-state index contributed by atoms with van der Waals surface area (Å²) < 4.78 is 1.09. The maximum Gasteiger partial charge on any atom is 0.321 e. The second-order valence-electron chi connectivity index (χ2n) is 6.24. The molecule has 0 saturated heterocycles. The number of carbonyl (C=O) groups is 2. The first-order chi connectivity index (χ1) is 14.5. The second-order valence-corrected chi connectivity index (χ2v) is 7.96. The van der Waals surface area contributed by atoms with Crippen LogP contribution in [0.25, 0.3) is 21.3 Å². The molecule has 30 heavy (non-hydrogen) atoms. The summed E-state index contributed by atoms with van der Waals surface area (Å²) in [6, 6.07) is 11.6. The van der Waals surface area contributed by atoms with Gasteiger partial charge in [-0.05, 0) is 23.1 Å². The fraction of sp³-hybridized carbons (Fsp3) is 0.0476. The third kappa shape index (κ3) is 4.00. The SMILES string of the molecule is C#Cc1nc(NC(=O)NC(C(N)=O)c2ccc(-c3cccc4ncsc34)cc2)cs1. The van der Waals surface area contributed by atoms with Crippen LogP contribution in [0.15, 0.2) is 53.4 Å². The van der Waals surface area contributed by atoms with Gasteiger partial charge in [0.25, 0.3) is 0 Å². The molecule has 0 saturated carbocycles. The molecule has 4 N–H and O–H groups in total. The van der Waals surface area contributed by atoms with Crippen LogP contribution >= 0.6 is 22.7 Å².